The van der Waals surface area contributed by atoms with E-state index >= 15 is 0 Å². The van der Waals surface area contributed by atoms with Crippen molar-refractivity contribution in [1.29, 1.82) is 0 Å². The van der Waals surface area contributed by atoms with Crippen LogP contribution < -0.4 is 15.7 Å². The van der Waals surface area contributed by atoms with Crippen LogP contribution in [0.25, 0.3) is 11.0 Å². The van der Waals surface area contributed by atoms with Crippen LogP contribution >= 0.6 is 0 Å². The number of nitrogens with one attached hydrogen (secondary N) is 1. The van der Waals surface area contributed by atoms with Gasteiger partial charge in [0, 0.05) is 55.9 Å². The molecule has 1 aromatic heterocycles. The van der Waals surface area contributed by atoms with Gasteiger partial charge in [0.1, 0.15) is 11.3 Å². The van der Waals surface area contributed by atoms with E-state index in [1.165, 1.54) is 11.6 Å². The number of fused-ring (bicyclic) bond motifs is 1. The maximum Gasteiger partial charge on any atom is 0.336 e. The number of benzene rings is 2. The van der Waals surface area contributed by atoms with Crippen molar-refractivity contribution in [2.75, 3.05) is 45.1 Å². The van der Waals surface area contributed by atoms with Crippen LogP contribution in [0.3, 0.4) is 0 Å². The predicted molar refractivity (Wildman–Crippen MR) is 125 cm³/mol. The SMILES string of the molecule is CC(Oc1ccc2ccc(=O)oc2c1)C(=O)Nc1ccc(CCN2CCN(C)CC2)cc1. The number of carbonyl (C=O) groups excluding carboxylic acids is 1. The van der Waals surface area contributed by atoms with Gasteiger partial charge in [-0.05, 0) is 56.3 Å². The number of rotatable bonds is 7. The number of nitrogens with zero attached hydrogens (tertiary/aromatic N) is 2. The van der Waals surface area contributed by atoms with Crippen molar-refractivity contribution in [2.45, 2.75) is 19.4 Å². The Morgan fingerprint density at radius 1 is 1.06 bits per heavy atom. The van der Waals surface area contributed by atoms with Crippen molar-refractivity contribution in [3.63, 3.8) is 0 Å². The minimum absolute atomic E-state index is 0.246. The van der Waals surface area contributed by atoms with E-state index < -0.39 is 11.7 Å². The molecule has 1 saturated heterocycles. The summed E-state index contributed by atoms with van der Waals surface area (Å²) in [6.07, 6.45) is 0.287. The summed E-state index contributed by atoms with van der Waals surface area (Å²) in [5, 5.41) is 3.69. The van der Waals surface area contributed by atoms with Crippen LogP contribution in [0.2, 0.25) is 0 Å². The van der Waals surface area contributed by atoms with Crippen LogP contribution in [0.1, 0.15) is 12.5 Å². The van der Waals surface area contributed by atoms with Gasteiger partial charge in [0.05, 0.1) is 0 Å². The van der Waals surface area contributed by atoms with Gasteiger partial charge in [0.2, 0.25) is 0 Å². The second-order valence-corrected chi connectivity index (χ2v) is 8.30. The Labute approximate surface area is 187 Å². The highest BCUT2D eigenvalue weighted by atomic mass is 16.5. The summed E-state index contributed by atoms with van der Waals surface area (Å²) in [5.41, 5.74) is 1.99. The molecule has 3 aromatic rings. The average Bonchev–Trinajstić information content (AvgIpc) is 2.79. The zero-order valence-corrected chi connectivity index (χ0v) is 18.5. The lowest BCUT2D eigenvalue weighted by atomic mass is 10.1. The molecule has 0 bridgehead atoms. The van der Waals surface area contributed by atoms with Crippen LogP contribution in [0.5, 0.6) is 5.75 Å². The molecule has 0 radical (unpaired) electrons. The molecule has 7 heteroatoms. The molecule has 7 nitrogen and oxygen atoms in total. The lowest BCUT2D eigenvalue weighted by molar-refractivity contribution is -0.122. The number of ether oxygens (including phenoxy) is 1. The zero-order valence-electron chi connectivity index (χ0n) is 18.5. The van der Waals surface area contributed by atoms with Gasteiger partial charge in [-0.15, -0.1) is 0 Å². The second kappa shape index (κ2) is 9.97. The summed E-state index contributed by atoms with van der Waals surface area (Å²) in [6.45, 7) is 7.22. The minimum Gasteiger partial charge on any atom is -0.481 e. The third-order valence-corrected chi connectivity index (χ3v) is 5.81. The highest BCUT2D eigenvalue weighted by molar-refractivity contribution is 5.94. The second-order valence-electron chi connectivity index (χ2n) is 8.30. The molecule has 1 fully saturated rings. The van der Waals surface area contributed by atoms with Crippen molar-refractivity contribution in [3.05, 3.63) is 70.6 Å². The first-order valence-corrected chi connectivity index (χ1v) is 11.0. The largest absolute Gasteiger partial charge is 0.481 e. The van der Waals surface area contributed by atoms with Crippen molar-refractivity contribution in [2.24, 2.45) is 0 Å². The van der Waals surface area contributed by atoms with Crippen LogP contribution in [-0.2, 0) is 11.2 Å². The summed E-state index contributed by atoms with van der Waals surface area (Å²) in [7, 11) is 2.16. The highest BCUT2D eigenvalue weighted by Gasteiger charge is 2.16. The Balaban J connectivity index is 1.29. The average molecular weight is 436 g/mol. The van der Waals surface area contributed by atoms with Crippen molar-refractivity contribution in [1.82, 2.24) is 9.80 Å². The third-order valence-electron chi connectivity index (χ3n) is 5.81. The number of likely N-dealkylation sites (N-methyl/N-ethyl adjacent to an activating group) is 1. The molecule has 1 unspecified atom stereocenters. The third kappa shape index (κ3) is 5.75. The quantitative estimate of drug-likeness (QED) is 0.575. The van der Waals surface area contributed by atoms with Crippen LogP contribution in [0.15, 0.2) is 63.8 Å². The first kappa shape index (κ1) is 22.0. The van der Waals surface area contributed by atoms with E-state index in [0.717, 1.165) is 50.2 Å². The molecule has 0 aliphatic carbocycles. The van der Waals surface area contributed by atoms with Gasteiger partial charge < -0.3 is 24.3 Å². The smallest absolute Gasteiger partial charge is 0.336 e. The van der Waals surface area contributed by atoms with E-state index in [1.807, 2.05) is 12.1 Å². The Morgan fingerprint density at radius 2 is 1.78 bits per heavy atom. The number of hydrogen-bond donors (Lipinski definition) is 1. The number of hydrogen-bond acceptors (Lipinski definition) is 6. The Hall–Kier alpha value is -3.16. The highest BCUT2D eigenvalue weighted by Crippen LogP contribution is 2.21. The number of anilines is 1. The van der Waals surface area contributed by atoms with E-state index in [0.29, 0.717) is 11.3 Å². The fraction of sp³-hybridized carbons (Fsp3) is 0.360. The monoisotopic (exact) mass is 435 g/mol. The van der Waals surface area contributed by atoms with E-state index in [-0.39, 0.29) is 5.91 Å². The fourth-order valence-electron chi connectivity index (χ4n) is 3.73. The Kier molecular flexibility index (Phi) is 6.87. The van der Waals surface area contributed by atoms with Crippen molar-refractivity contribution >= 4 is 22.6 Å². The van der Waals surface area contributed by atoms with Gasteiger partial charge in [-0.25, -0.2) is 4.79 Å². The van der Waals surface area contributed by atoms with Gasteiger partial charge in [-0.3, -0.25) is 4.79 Å². The lowest BCUT2D eigenvalue weighted by Crippen LogP contribution is -2.45. The summed E-state index contributed by atoms with van der Waals surface area (Å²) >= 11 is 0. The molecular formula is C25H29N3O4. The molecule has 1 aliphatic rings. The predicted octanol–water partition coefficient (Wildman–Crippen LogP) is 2.99. The Morgan fingerprint density at radius 3 is 2.53 bits per heavy atom. The Bertz CT molecular complexity index is 1120. The molecule has 1 amide bonds. The molecule has 1 atom stereocenters. The number of carbonyl (C=O) groups is 1. The molecule has 168 valence electrons. The van der Waals surface area contributed by atoms with E-state index in [4.69, 9.17) is 9.15 Å². The minimum atomic E-state index is -0.709. The van der Waals surface area contributed by atoms with Gasteiger partial charge in [-0.1, -0.05) is 12.1 Å². The standard InChI is InChI=1S/C25H29N3O4/c1-18(31-22-9-5-20-6-10-24(29)32-23(20)17-22)25(30)26-21-7-3-19(4-8-21)11-12-28-15-13-27(2)14-16-28/h3-10,17-18H,11-16H2,1-2H3,(H,26,30). The molecule has 1 N–H and O–H groups in total. The van der Waals surface area contributed by atoms with Gasteiger partial charge in [-0.2, -0.15) is 0 Å². The summed E-state index contributed by atoms with van der Waals surface area (Å²) in [5.74, 6) is 0.221. The normalized spacial score (nSPS) is 16.1. The molecule has 2 aromatic carbocycles. The number of amides is 1. The molecule has 0 spiro atoms. The molecule has 2 heterocycles. The first-order chi connectivity index (χ1) is 15.5. The van der Waals surface area contributed by atoms with Crippen molar-refractivity contribution < 1.29 is 13.9 Å². The van der Waals surface area contributed by atoms with E-state index in [1.54, 1.807) is 31.2 Å². The van der Waals surface area contributed by atoms with Crippen LogP contribution in [0.4, 0.5) is 5.69 Å². The zero-order chi connectivity index (χ0) is 22.5. The maximum absolute atomic E-state index is 12.6. The molecule has 32 heavy (non-hydrogen) atoms. The molecule has 4 rings (SSSR count). The first-order valence-electron chi connectivity index (χ1n) is 11.0. The summed E-state index contributed by atoms with van der Waals surface area (Å²) in [6, 6.07) is 16.2. The molecular weight excluding hydrogens is 406 g/mol. The van der Waals surface area contributed by atoms with Crippen molar-refractivity contribution in [3.8, 4) is 5.75 Å². The van der Waals surface area contributed by atoms with Crippen LogP contribution in [0, 0.1) is 0 Å². The lowest BCUT2D eigenvalue weighted by Gasteiger charge is -2.32. The van der Waals surface area contributed by atoms with Gasteiger partial charge >= 0.3 is 5.63 Å². The molecule has 0 saturated carbocycles. The van der Waals surface area contributed by atoms with Gasteiger partial charge in [0.15, 0.2) is 6.10 Å². The fourth-order valence-corrected chi connectivity index (χ4v) is 3.73. The summed E-state index contributed by atoms with van der Waals surface area (Å²) in [4.78, 5) is 28.8. The van der Waals surface area contributed by atoms with E-state index in [9.17, 15) is 9.59 Å². The van der Waals surface area contributed by atoms with Crippen LogP contribution in [-0.4, -0.2) is 61.6 Å². The van der Waals surface area contributed by atoms with E-state index in [2.05, 4.69) is 34.3 Å². The topological polar surface area (TPSA) is 75.0 Å². The number of piperazine rings is 1. The van der Waals surface area contributed by atoms with Gasteiger partial charge in [0.25, 0.3) is 5.91 Å². The maximum atomic E-state index is 12.6. The summed E-state index contributed by atoms with van der Waals surface area (Å²) < 4.78 is 10.9. The molecule has 1 aliphatic heterocycles.